The molecule has 0 amide bonds. The van der Waals surface area contributed by atoms with Gasteiger partial charge in [0.15, 0.2) is 0 Å². The van der Waals surface area contributed by atoms with Crippen LogP contribution >= 0.6 is 11.6 Å². The maximum Gasteiger partial charge on any atom is 0.346 e. The Morgan fingerprint density at radius 1 is 1.40 bits per heavy atom. The highest BCUT2D eigenvalue weighted by atomic mass is 35.5. The molecule has 0 fully saturated rings. The van der Waals surface area contributed by atoms with Gasteiger partial charge in [0, 0.05) is 10.6 Å². The van der Waals surface area contributed by atoms with E-state index in [2.05, 4.69) is 0 Å². The van der Waals surface area contributed by atoms with E-state index in [1.807, 2.05) is 0 Å². The van der Waals surface area contributed by atoms with Gasteiger partial charge >= 0.3 is 5.97 Å². The number of ether oxygens (including phenoxy) is 1. The van der Waals surface area contributed by atoms with Crippen LogP contribution < -0.4 is 0 Å². The van der Waals surface area contributed by atoms with Crippen molar-refractivity contribution in [2.75, 3.05) is 0 Å². The van der Waals surface area contributed by atoms with Gasteiger partial charge in [-0.05, 0) is 57.4 Å². The van der Waals surface area contributed by atoms with E-state index >= 15 is 0 Å². The van der Waals surface area contributed by atoms with E-state index < -0.39 is 23.0 Å². The quantitative estimate of drug-likeness (QED) is 0.639. The fourth-order valence-corrected chi connectivity index (χ4v) is 2.39. The average molecular weight is 297 g/mol. The lowest BCUT2D eigenvalue weighted by Gasteiger charge is -2.32. The Bertz CT molecular complexity index is 574. The van der Waals surface area contributed by atoms with Crippen LogP contribution in [0.5, 0.6) is 0 Å². The zero-order chi connectivity index (χ0) is 15.1. The number of hydrogen-bond donors (Lipinski definition) is 1. The predicted molar refractivity (Wildman–Crippen MR) is 74.9 cm³/mol. The topological polar surface area (TPSA) is 63.6 Å². The van der Waals surface area contributed by atoms with Gasteiger partial charge in [-0.1, -0.05) is 11.6 Å². The Hall–Kier alpha value is -1.39. The fourth-order valence-electron chi connectivity index (χ4n) is 2.20. The van der Waals surface area contributed by atoms with Gasteiger partial charge in [-0.25, -0.2) is 4.79 Å². The Morgan fingerprint density at radius 3 is 2.65 bits per heavy atom. The standard InChI is InChI=1S/C15H17ClO4/c1-14(2,3)20-13(18)15(19)7-6-9-8-10(16)4-5-11(9)12(15)17/h4-5,8,19H,6-7H2,1-3H3/t15-/m0/s1. The molecule has 0 spiro atoms. The number of Topliss-reactive ketones (excluding diaryl/α,β-unsaturated/α-hetero) is 1. The number of halogens is 1. The van der Waals surface area contributed by atoms with Crippen molar-refractivity contribution in [2.24, 2.45) is 0 Å². The molecule has 0 saturated heterocycles. The van der Waals surface area contributed by atoms with Crippen molar-refractivity contribution in [2.45, 2.75) is 44.8 Å². The molecule has 0 aliphatic heterocycles. The molecule has 5 heteroatoms. The van der Waals surface area contributed by atoms with E-state index in [4.69, 9.17) is 16.3 Å². The van der Waals surface area contributed by atoms with Crippen LogP contribution in [0, 0.1) is 0 Å². The molecular weight excluding hydrogens is 280 g/mol. The number of ketones is 1. The minimum atomic E-state index is -2.10. The lowest BCUT2D eigenvalue weighted by molar-refractivity contribution is -0.172. The van der Waals surface area contributed by atoms with Crippen LogP contribution in [0.3, 0.4) is 0 Å². The van der Waals surface area contributed by atoms with E-state index in [0.717, 1.165) is 5.56 Å². The summed E-state index contributed by atoms with van der Waals surface area (Å²) in [5.41, 5.74) is -1.79. The number of carbonyl (C=O) groups excluding carboxylic acids is 2. The molecule has 2 rings (SSSR count). The van der Waals surface area contributed by atoms with Crippen LogP contribution in [0.2, 0.25) is 5.02 Å². The third kappa shape index (κ3) is 2.72. The molecule has 4 nitrogen and oxygen atoms in total. The number of aryl methyl sites for hydroxylation is 1. The molecule has 1 aromatic carbocycles. The van der Waals surface area contributed by atoms with E-state index in [1.165, 1.54) is 6.07 Å². The van der Waals surface area contributed by atoms with Crippen LogP contribution in [-0.2, 0) is 16.0 Å². The predicted octanol–water partition coefficient (Wildman–Crippen LogP) is 2.54. The molecule has 20 heavy (non-hydrogen) atoms. The van der Waals surface area contributed by atoms with Crippen molar-refractivity contribution in [1.29, 1.82) is 0 Å². The third-order valence-corrected chi connectivity index (χ3v) is 3.42. The molecule has 0 bridgehead atoms. The molecule has 0 saturated carbocycles. The maximum atomic E-state index is 12.4. The molecule has 1 atom stereocenters. The second-order valence-electron chi connectivity index (χ2n) is 5.99. The molecule has 0 radical (unpaired) electrons. The molecule has 1 aliphatic rings. The minimum Gasteiger partial charge on any atom is -0.457 e. The highest BCUT2D eigenvalue weighted by Gasteiger charge is 2.49. The second-order valence-corrected chi connectivity index (χ2v) is 6.43. The van der Waals surface area contributed by atoms with Gasteiger partial charge in [-0.3, -0.25) is 4.79 Å². The van der Waals surface area contributed by atoms with Crippen LogP contribution in [0.1, 0.15) is 43.1 Å². The number of rotatable bonds is 1. The first-order valence-corrected chi connectivity index (χ1v) is 6.80. The Labute approximate surface area is 122 Å². The number of fused-ring (bicyclic) bond motifs is 1. The first-order chi connectivity index (χ1) is 9.13. The van der Waals surface area contributed by atoms with Crippen LogP contribution in [0.4, 0.5) is 0 Å². The molecular formula is C15H17ClO4. The first kappa shape index (κ1) is 15.0. The number of aliphatic hydroxyl groups is 1. The summed E-state index contributed by atoms with van der Waals surface area (Å²) < 4.78 is 5.15. The molecule has 1 N–H and O–H groups in total. The lowest BCUT2D eigenvalue weighted by atomic mass is 9.79. The summed E-state index contributed by atoms with van der Waals surface area (Å²) in [6.45, 7) is 5.07. The first-order valence-electron chi connectivity index (χ1n) is 6.42. The molecule has 1 aliphatic carbocycles. The number of hydrogen-bond acceptors (Lipinski definition) is 4. The SMILES string of the molecule is CC(C)(C)OC(=O)[C@]1(O)CCc2cc(Cl)ccc2C1=O. The smallest absolute Gasteiger partial charge is 0.346 e. The normalized spacial score (nSPS) is 22.4. The van der Waals surface area contributed by atoms with Crippen molar-refractivity contribution in [3.8, 4) is 0 Å². The molecule has 1 aromatic rings. The third-order valence-electron chi connectivity index (χ3n) is 3.18. The molecule has 108 valence electrons. The number of carbonyl (C=O) groups is 2. The maximum absolute atomic E-state index is 12.4. The number of esters is 1. The lowest BCUT2D eigenvalue weighted by Crippen LogP contribution is -2.52. The van der Waals surface area contributed by atoms with Crippen molar-refractivity contribution < 1.29 is 19.4 Å². The van der Waals surface area contributed by atoms with Crippen LogP contribution in [-0.4, -0.2) is 28.1 Å². The van der Waals surface area contributed by atoms with Gasteiger partial charge < -0.3 is 9.84 Å². The van der Waals surface area contributed by atoms with Gasteiger partial charge in [-0.2, -0.15) is 0 Å². The molecule has 0 aromatic heterocycles. The largest absolute Gasteiger partial charge is 0.457 e. The summed E-state index contributed by atoms with van der Waals surface area (Å²) in [6.07, 6.45) is 0.408. The van der Waals surface area contributed by atoms with Crippen LogP contribution in [0.15, 0.2) is 18.2 Å². The van der Waals surface area contributed by atoms with E-state index in [1.54, 1.807) is 32.9 Å². The van der Waals surface area contributed by atoms with E-state index in [-0.39, 0.29) is 6.42 Å². The van der Waals surface area contributed by atoms with E-state index in [0.29, 0.717) is 17.0 Å². The summed E-state index contributed by atoms with van der Waals surface area (Å²) in [5, 5.41) is 11.0. The van der Waals surface area contributed by atoms with Gasteiger partial charge in [0.2, 0.25) is 11.4 Å². The van der Waals surface area contributed by atoms with Gasteiger partial charge in [-0.15, -0.1) is 0 Å². The van der Waals surface area contributed by atoms with Gasteiger partial charge in [0.1, 0.15) is 5.60 Å². The van der Waals surface area contributed by atoms with E-state index in [9.17, 15) is 14.7 Å². The second kappa shape index (κ2) is 4.86. The zero-order valence-corrected chi connectivity index (χ0v) is 12.5. The highest BCUT2D eigenvalue weighted by molar-refractivity contribution is 6.31. The summed E-state index contributed by atoms with van der Waals surface area (Å²) in [4.78, 5) is 24.5. The summed E-state index contributed by atoms with van der Waals surface area (Å²) in [5.74, 6) is -1.51. The summed E-state index contributed by atoms with van der Waals surface area (Å²) in [6, 6.07) is 4.79. The van der Waals surface area contributed by atoms with Crippen molar-refractivity contribution in [3.63, 3.8) is 0 Å². The average Bonchev–Trinajstić information content (AvgIpc) is 2.32. The fraction of sp³-hybridized carbons (Fsp3) is 0.467. The van der Waals surface area contributed by atoms with Crippen LogP contribution in [0.25, 0.3) is 0 Å². The van der Waals surface area contributed by atoms with Gasteiger partial charge in [0.25, 0.3) is 0 Å². The Balaban J connectivity index is 2.34. The van der Waals surface area contributed by atoms with Crippen molar-refractivity contribution in [3.05, 3.63) is 34.3 Å². The highest BCUT2D eigenvalue weighted by Crippen LogP contribution is 2.32. The van der Waals surface area contributed by atoms with Gasteiger partial charge in [0.05, 0.1) is 0 Å². The summed E-state index contributed by atoms with van der Waals surface area (Å²) >= 11 is 5.88. The molecule has 0 unspecified atom stereocenters. The molecule has 0 heterocycles. The monoisotopic (exact) mass is 296 g/mol. The minimum absolute atomic E-state index is 0.00802. The summed E-state index contributed by atoms with van der Waals surface area (Å²) in [7, 11) is 0. The van der Waals surface area contributed by atoms with Crippen molar-refractivity contribution >= 4 is 23.4 Å². The Morgan fingerprint density at radius 2 is 2.05 bits per heavy atom. The Kier molecular flexibility index (Phi) is 3.65. The van der Waals surface area contributed by atoms with Crippen molar-refractivity contribution in [1.82, 2.24) is 0 Å². The number of benzene rings is 1. The zero-order valence-electron chi connectivity index (χ0n) is 11.7.